The quantitative estimate of drug-likeness (QED) is 0.792. The van der Waals surface area contributed by atoms with Crippen molar-refractivity contribution in [3.8, 4) is 5.69 Å². The fourth-order valence-electron chi connectivity index (χ4n) is 2.03. The first-order valence-electron chi connectivity index (χ1n) is 6.32. The summed E-state index contributed by atoms with van der Waals surface area (Å²) in [5, 5.41) is 16.2. The molecule has 20 heavy (non-hydrogen) atoms. The van der Waals surface area contributed by atoms with E-state index in [1.54, 1.807) is 10.9 Å². The first kappa shape index (κ1) is 13.1. The zero-order valence-corrected chi connectivity index (χ0v) is 12.5. The van der Waals surface area contributed by atoms with E-state index in [4.69, 9.17) is 0 Å². The maximum atomic E-state index is 4.47. The second-order valence-electron chi connectivity index (χ2n) is 4.29. The van der Waals surface area contributed by atoms with Crippen molar-refractivity contribution in [3.05, 3.63) is 40.8 Å². The van der Waals surface area contributed by atoms with Gasteiger partial charge in [0.25, 0.3) is 0 Å². The van der Waals surface area contributed by atoms with Gasteiger partial charge in [-0.2, -0.15) is 4.68 Å². The average Bonchev–Trinajstić information content (AvgIpc) is 2.92. The Morgan fingerprint density at radius 3 is 3.10 bits per heavy atom. The van der Waals surface area contributed by atoms with Crippen LogP contribution in [0.25, 0.3) is 16.6 Å². The molecule has 0 bridgehead atoms. The lowest BCUT2D eigenvalue weighted by Crippen LogP contribution is -2.16. The summed E-state index contributed by atoms with van der Waals surface area (Å²) >= 11 is 3.43. The Balaban J connectivity index is 2.12. The van der Waals surface area contributed by atoms with Crippen LogP contribution >= 0.6 is 15.9 Å². The predicted octanol–water partition coefficient (Wildman–Crippen LogP) is 2.08. The van der Waals surface area contributed by atoms with Crippen molar-refractivity contribution in [1.82, 2.24) is 30.5 Å². The van der Waals surface area contributed by atoms with Crippen LogP contribution < -0.4 is 5.32 Å². The first-order chi connectivity index (χ1) is 9.79. The fourth-order valence-corrected chi connectivity index (χ4v) is 2.38. The highest BCUT2D eigenvalue weighted by Crippen LogP contribution is 2.23. The Morgan fingerprint density at radius 1 is 1.35 bits per heavy atom. The number of para-hydroxylation sites is 1. The van der Waals surface area contributed by atoms with Crippen LogP contribution in [-0.2, 0) is 6.54 Å². The van der Waals surface area contributed by atoms with E-state index in [0.717, 1.165) is 33.4 Å². The standard InChI is InChI=1S/C13H13BrN6/c1-2-15-8-12-17-18-19-20(12)11-5-3-4-9-6-10(14)7-16-13(9)11/h3-7,15H,2,8H2,1H3. The molecule has 102 valence electrons. The highest BCUT2D eigenvalue weighted by atomic mass is 79.9. The number of aromatic nitrogens is 5. The van der Waals surface area contributed by atoms with Crippen molar-refractivity contribution in [2.24, 2.45) is 0 Å². The zero-order chi connectivity index (χ0) is 13.9. The van der Waals surface area contributed by atoms with Crippen molar-refractivity contribution >= 4 is 26.8 Å². The molecule has 0 amide bonds. The first-order valence-corrected chi connectivity index (χ1v) is 7.11. The van der Waals surface area contributed by atoms with Gasteiger partial charge in [-0.05, 0) is 45.0 Å². The van der Waals surface area contributed by atoms with Crippen LogP contribution in [0.4, 0.5) is 0 Å². The lowest BCUT2D eigenvalue weighted by molar-refractivity contribution is 0.665. The molecule has 0 unspecified atom stereocenters. The molecule has 7 heteroatoms. The largest absolute Gasteiger partial charge is 0.310 e. The lowest BCUT2D eigenvalue weighted by Gasteiger charge is -2.08. The van der Waals surface area contributed by atoms with Crippen molar-refractivity contribution in [3.63, 3.8) is 0 Å². The van der Waals surface area contributed by atoms with Gasteiger partial charge in [0, 0.05) is 16.1 Å². The Morgan fingerprint density at radius 2 is 2.25 bits per heavy atom. The zero-order valence-electron chi connectivity index (χ0n) is 10.9. The van der Waals surface area contributed by atoms with Crippen molar-refractivity contribution < 1.29 is 0 Å². The molecule has 6 nitrogen and oxygen atoms in total. The van der Waals surface area contributed by atoms with Gasteiger partial charge in [-0.3, -0.25) is 4.98 Å². The smallest absolute Gasteiger partial charge is 0.170 e. The average molecular weight is 333 g/mol. The lowest BCUT2D eigenvalue weighted by atomic mass is 10.2. The van der Waals surface area contributed by atoms with Gasteiger partial charge in [-0.15, -0.1) is 5.10 Å². The number of hydrogen-bond donors (Lipinski definition) is 1. The molecule has 3 aromatic rings. The highest BCUT2D eigenvalue weighted by Gasteiger charge is 2.11. The van der Waals surface area contributed by atoms with E-state index in [9.17, 15) is 0 Å². The summed E-state index contributed by atoms with van der Waals surface area (Å²) in [5.74, 6) is 0.768. The minimum Gasteiger partial charge on any atom is -0.310 e. The molecule has 0 atom stereocenters. The third-order valence-corrected chi connectivity index (χ3v) is 3.39. The van der Waals surface area contributed by atoms with Gasteiger partial charge < -0.3 is 5.32 Å². The number of nitrogens with zero attached hydrogens (tertiary/aromatic N) is 5. The van der Waals surface area contributed by atoms with E-state index in [-0.39, 0.29) is 0 Å². The molecule has 2 aromatic heterocycles. The van der Waals surface area contributed by atoms with E-state index in [2.05, 4.69) is 41.8 Å². The van der Waals surface area contributed by atoms with Gasteiger partial charge in [0.1, 0.15) is 0 Å². The van der Waals surface area contributed by atoms with Gasteiger partial charge in [0.2, 0.25) is 0 Å². The van der Waals surface area contributed by atoms with Gasteiger partial charge in [-0.25, -0.2) is 0 Å². The molecule has 0 fully saturated rings. The molecular formula is C13H13BrN6. The summed E-state index contributed by atoms with van der Waals surface area (Å²) in [7, 11) is 0. The molecule has 0 saturated carbocycles. The maximum Gasteiger partial charge on any atom is 0.170 e. The van der Waals surface area contributed by atoms with Crippen LogP contribution in [0.2, 0.25) is 0 Å². The monoisotopic (exact) mass is 332 g/mol. The van der Waals surface area contributed by atoms with Crippen LogP contribution in [0, 0.1) is 0 Å². The molecule has 1 N–H and O–H groups in total. The molecule has 2 heterocycles. The van der Waals surface area contributed by atoms with Crippen LogP contribution in [0.1, 0.15) is 12.7 Å². The van der Waals surface area contributed by atoms with Crippen LogP contribution in [0.3, 0.4) is 0 Å². The molecule has 0 saturated heterocycles. The number of tetrazole rings is 1. The van der Waals surface area contributed by atoms with Crippen molar-refractivity contribution in [1.29, 1.82) is 0 Å². The number of pyridine rings is 1. The summed E-state index contributed by atoms with van der Waals surface area (Å²) in [6, 6.07) is 7.99. The summed E-state index contributed by atoms with van der Waals surface area (Å²) in [6.07, 6.45) is 1.78. The van der Waals surface area contributed by atoms with E-state index in [0.29, 0.717) is 6.54 Å². The Labute approximate surface area is 124 Å². The number of nitrogens with one attached hydrogen (secondary N) is 1. The van der Waals surface area contributed by atoms with Gasteiger partial charge in [-0.1, -0.05) is 19.1 Å². The summed E-state index contributed by atoms with van der Waals surface area (Å²) in [5.41, 5.74) is 1.76. The Kier molecular flexibility index (Phi) is 3.70. The molecule has 3 rings (SSSR count). The maximum absolute atomic E-state index is 4.47. The van der Waals surface area contributed by atoms with E-state index >= 15 is 0 Å². The molecule has 0 radical (unpaired) electrons. The number of fused-ring (bicyclic) bond motifs is 1. The number of halogens is 1. The van der Waals surface area contributed by atoms with Crippen LogP contribution in [-0.4, -0.2) is 31.7 Å². The topological polar surface area (TPSA) is 68.5 Å². The highest BCUT2D eigenvalue weighted by molar-refractivity contribution is 9.10. The van der Waals surface area contributed by atoms with Crippen LogP contribution in [0.15, 0.2) is 34.9 Å². The van der Waals surface area contributed by atoms with E-state index in [1.165, 1.54) is 0 Å². The second kappa shape index (κ2) is 5.64. The minimum atomic E-state index is 0.621. The van der Waals surface area contributed by atoms with E-state index in [1.807, 2.05) is 31.2 Å². The van der Waals surface area contributed by atoms with Gasteiger partial charge >= 0.3 is 0 Å². The third-order valence-electron chi connectivity index (χ3n) is 2.95. The molecule has 0 aliphatic rings. The normalized spacial score (nSPS) is 11.1. The number of benzene rings is 1. The molecule has 0 spiro atoms. The summed E-state index contributed by atoms with van der Waals surface area (Å²) in [4.78, 5) is 4.47. The second-order valence-corrected chi connectivity index (χ2v) is 5.21. The number of rotatable bonds is 4. The summed E-state index contributed by atoms with van der Waals surface area (Å²) in [6.45, 7) is 3.54. The Bertz CT molecular complexity index is 739. The van der Waals surface area contributed by atoms with Crippen molar-refractivity contribution in [2.75, 3.05) is 6.54 Å². The predicted molar refractivity (Wildman–Crippen MR) is 79.5 cm³/mol. The van der Waals surface area contributed by atoms with E-state index < -0.39 is 0 Å². The van der Waals surface area contributed by atoms with Gasteiger partial charge in [0.05, 0.1) is 17.7 Å². The molecule has 0 aliphatic carbocycles. The van der Waals surface area contributed by atoms with Crippen molar-refractivity contribution in [2.45, 2.75) is 13.5 Å². The number of hydrogen-bond acceptors (Lipinski definition) is 5. The fraction of sp³-hybridized carbons (Fsp3) is 0.231. The minimum absolute atomic E-state index is 0.621. The summed E-state index contributed by atoms with van der Waals surface area (Å²) < 4.78 is 2.68. The molecule has 1 aromatic carbocycles. The SMILES string of the molecule is CCNCc1nnnn1-c1cccc2cc(Br)cnc12. The third kappa shape index (κ3) is 2.41. The van der Waals surface area contributed by atoms with Crippen LogP contribution in [0.5, 0.6) is 0 Å². The molecular weight excluding hydrogens is 320 g/mol. The van der Waals surface area contributed by atoms with Gasteiger partial charge in [0.15, 0.2) is 5.82 Å². The Hall–Kier alpha value is -1.86. The molecule has 0 aliphatic heterocycles.